The van der Waals surface area contributed by atoms with Crippen LogP contribution in [-0.4, -0.2) is 15.0 Å². The van der Waals surface area contributed by atoms with E-state index in [1.54, 1.807) is 0 Å². The van der Waals surface area contributed by atoms with E-state index in [0.717, 1.165) is 66.5 Å². The monoisotopic (exact) mass is 714 g/mol. The fourth-order valence-corrected chi connectivity index (χ4v) is 8.80. The molecule has 0 saturated heterocycles. The molecule has 2 aromatic heterocycles. The largest absolute Gasteiger partial charge is 0.456 e. The zero-order valence-electron chi connectivity index (χ0n) is 30.0. The number of fused-ring (bicyclic) bond motifs is 8. The van der Waals surface area contributed by atoms with Crippen LogP contribution in [0.4, 0.5) is 17.1 Å². The van der Waals surface area contributed by atoms with Gasteiger partial charge < -0.3 is 9.32 Å². The second-order valence-corrected chi connectivity index (χ2v) is 14.3. The van der Waals surface area contributed by atoms with Gasteiger partial charge in [0.05, 0.1) is 17.1 Å². The van der Waals surface area contributed by atoms with E-state index in [9.17, 15) is 0 Å². The number of anilines is 3. The molecular formula is C51H30N4O. The molecule has 0 fully saturated rings. The van der Waals surface area contributed by atoms with Gasteiger partial charge in [0.1, 0.15) is 11.2 Å². The first-order valence-electron chi connectivity index (χ1n) is 18.9. The van der Waals surface area contributed by atoms with Crippen molar-refractivity contribution >= 4 is 71.3 Å². The molecule has 0 radical (unpaired) electrons. The zero-order chi connectivity index (χ0) is 36.7. The number of furan rings is 1. The summed E-state index contributed by atoms with van der Waals surface area (Å²) in [5.74, 6) is 1.82. The molecule has 0 atom stereocenters. The van der Waals surface area contributed by atoms with Crippen LogP contribution < -0.4 is 4.90 Å². The molecule has 0 unspecified atom stereocenters. The Morgan fingerprint density at radius 2 is 0.964 bits per heavy atom. The van der Waals surface area contributed by atoms with Crippen LogP contribution in [-0.2, 0) is 0 Å². The van der Waals surface area contributed by atoms with Crippen LogP contribution in [0, 0.1) is 0 Å². The van der Waals surface area contributed by atoms with Crippen molar-refractivity contribution < 1.29 is 4.42 Å². The SMILES string of the molecule is c1ccc(-c2nc(-c3ccc(N4c5ccc6ccccc6c5-c5cccc6cccc4c56)c4ccccc34)nc(-c3cccc4oc5ccccc5c34)n2)cc1. The molecule has 9 aromatic carbocycles. The highest BCUT2D eigenvalue weighted by Crippen LogP contribution is 2.54. The van der Waals surface area contributed by atoms with Crippen LogP contribution in [0.3, 0.4) is 0 Å². The first-order valence-corrected chi connectivity index (χ1v) is 18.9. The number of hydrogen-bond donors (Lipinski definition) is 0. The van der Waals surface area contributed by atoms with Crippen molar-refractivity contribution in [2.75, 3.05) is 4.90 Å². The van der Waals surface area contributed by atoms with Crippen molar-refractivity contribution in [2.24, 2.45) is 0 Å². The Balaban J connectivity index is 1.11. The van der Waals surface area contributed by atoms with E-state index in [2.05, 4.69) is 126 Å². The summed E-state index contributed by atoms with van der Waals surface area (Å²) in [6.07, 6.45) is 0. The predicted molar refractivity (Wildman–Crippen MR) is 230 cm³/mol. The maximum Gasteiger partial charge on any atom is 0.164 e. The average Bonchev–Trinajstić information content (AvgIpc) is 3.65. The van der Waals surface area contributed by atoms with Crippen molar-refractivity contribution in [3.8, 4) is 45.3 Å². The Morgan fingerprint density at radius 1 is 0.339 bits per heavy atom. The van der Waals surface area contributed by atoms with Crippen molar-refractivity contribution in [1.29, 1.82) is 0 Å². The number of para-hydroxylation sites is 1. The Morgan fingerprint density at radius 3 is 1.84 bits per heavy atom. The molecule has 1 aliphatic rings. The van der Waals surface area contributed by atoms with E-state index in [-0.39, 0.29) is 0 Å². The van der Waals surface area contributed by atoms with Gasteiger partial charge in [-0.2, -0.15) is 0 Å². The number of hydrogen-bond acceptors (Lipinski definition) is 5. The van der Waals surface area contributed by atoms with Gasteiger partial charge in [-0.05, 0) is 63.5 Å². The zero-order valence-corrected chi connectivity index (χ0v) is 30.0. The fraction of sp³-hybridized carbons (Fsp3) is 0. The van der Waals surface area contributed by atoms with Crippen LogP contribution in [0.25, 0.3) is 99.5 Å². The third-order valence-electron chi connectivity index (χ3n) is 11.2. The van der Waals surface area contributed by atoms with Crippen LogP contribution >= 0.6 is 0 Å². The molecule has 5 nitrogen and oxygen atoms in total. The lowest BCUT2D eigenvalue weighted by Crippen LogP contribution is -2.15. The molecule has 11 aromatic rings. The highest BCUT2D eigenvalue weighted by molar-refractivity contribution is 6.21. The molecule has 12 rings (SSSR count). The summed E-state index contributed by atoms with van der Waals surface area (Å²) in [7, 11) is 0. The van der Waals surface area contributed by atoms with Crippen molar-refractivity contribution in [2.45, 2.75) is 0 Å². The maximum atomic E-state index is 6.29. The van der Waals surface area contributed by atoms with Gasteiger partial charge in [0.15, 0.2) is 17.5 Å². The van der Waals surface area contributed by atoms with Gasteiger partial charge in [-0.25, -0.2) is 15.0 Å². The molecule has 56 heavy (non-hydrogen) atoms. The summed E-state index contributed by atoms with van der Waals surface area (Å²) >= 11 is 0. The van der Waals surface area contributed by atoms with E-state index >= 15 is 0 Å². The third-order valence-corrected chi connectivity index (χ3v) is 11.2. The van der Waals surface area contributed by atoms with Gasteiger partial charge in [0.2, 0.25) is 0 Å². The summed E-state index contributed by atoms with van der Waals surface area (Å²) in [4.78, 5) is 18.1. The maximum absolute atomic E-state index is 6.29. The number of benzene rings is 9. The minimum atomic E-state index is 0.597. The molecular weight excluding hydrogens is 685 g/mol. The first-order chi connectivity index (χ1) is 27.8. The topological polar surface area (TPSA) is 55.1 Å². The highest BCUT2D eigenvalue weighted by Gasteiger charge is 2.29. The molecule has 0 bridgehead atoms. The van der Waals surface area contributed by atoms with Crippen molar-refractivity contribution in [1.82, 2.24) is 15.0 Å². The Bertz CT molecular complexity index is 3380. The molecule has 5 heteroatoms. The van der Waals surface area contributed by atoms with E-state index in [1.165, 1.54) is 32.7 Å². The summed E-state index contributed by atoms with van der Waals surface area (Å²) in [6.45, 7) is 0. The third kappa shape index (κ3) is 4.52. The van der Waals surface area contributed by atoms with E-state index in [1.807, 2.05) is 60.7 Å². The van der Waals surface area contributed by atoms with Crippen molar-refractivity contribution in [3.63, 3.8) is 0 Å². The molecule has 0 aliphatic carbocycles. The van der Waals surface area contributed by atoms with Crippen LogP contribution in [0.5, 0.6) is 0 Å². The molecule has 3 heterocycles. The van der Waals surface area contributed by atoms with Crippen LogP contribution in [0.1, 0.15) is 0 Å². The second kappa shape index (κ2) is 11.9. The molecule has 0 saturated carbocycles. The Kier molecular flexibility index (Phi) is 6.56. The average molecular weight is 715 g/mol. The summed E-state index contributed by atoms with van der Waals surface area (Å²) in [6, 6.07) is 63.9. The normalized spacial score (nSPS) is 12.2. The van der Waals surface area contributed by atoms with Gasteiger partial charge in [0, 0.05) is 43.8 Å². The molecule has 0 spiro atoms. The number of rotatable bonds is 4. The standard InChI is InChI=1S/C51H30N4O/c1-2-14-33(15-3-1)49-52-50(54-51(53-49)40-23-12-26-45-48(40)38-21-8-9-25-44(38)56-45)37-28-30-41(36-20-7-6-19-35(36)37)55-42-24-11-17-32-16-10-22-39(46(32)42)47-34-18-5-4-13-31(34)27-29-43(47)55/h1-30H. The van der Waals surface area contributed by atoms with Crippen LogP contribution in [0.15, 0.2) is 186 Å². The molecule has 260 valence electrons. The lowest BCUT2D eigenvalue weighted by Gasteiger charge is -2.35. The smallest absolute Gasteiger partial charge is 0.164 e. The fourth-order valence-electron chi connectivity index (χ4n) is 8.80. The predicted octanol–water partition coefficient (Wildman–Crippen LogP) is 13.7. The quantitative estimate of drug-likeness (QED) is 0.182. The van der Waals surface area contributed by atoms with Gasteiger partial charge in [-0.1, -0.05) is 146 Å². The molecule has 0 N–H and O–H groups in total. The Hall–Kier alpha value is -7.63. The van der Waals surface area contributed by atoms with Gasteiger partial charge in [0.25, 0.3) is 0 Å². The van der Waals surface area contributed by atoms with Crippen LogP contribution in [0.2, 0.25) is 0 Å². The minimum absolute atomic E-state index is 0.597. The highest BCUT2D eigenvalue weighted by atomic mass is 16.3. The minimum Gasteiger partial charge on any atom is -0.456 e. The van der Waals surface area contributed by atoms with E-state index < -0.39 is 0 Å². The number of aromatic nitrogens is 3. The summed E-state index contributed by atoms with van der Waals surface area (Å²) in [5, 5.41) is 9.12. The van der Waals surface area contributed by atoms with Gasteiger partial charge in [-0.15, -0.1) is 0 Å². The van der Waals surface area contributed by atoms with Gasteiger partial charge in [-0.3, -0.25) is 0 Å². The van der Waals surface area contributed by atoms with Crippen molar-refractivity contribution in [3.05, 3.63) is 182 Å². The summed E-state index contributed by atoms with van der Waals surface area (Å²) < 4.78 is 6.29. The first kappa shape index (κ1) is 30.8. The van der Waals surface area contributed by atoms with E-state index in [0.29, 0.717) is 17.5 Å². The Labute approximate surface area is 321 Å². The second-order valence-electron chi connectivity index (χ2n) is 14.3. The lowest BCUT2D eigenvalue weighted by atomic mass is 9.87. The van der Waals surface area contributed by atoms with Gasteiger partial charge >= 0.3 is 0 Å². The number of nitrogens with zero attached hydrogens (tertiary/aromatic N) is 4. The summed E-state index contributed by atoms with van der Waals surface area (Å²) in [5.41, 5.74) is 10.3. The van der Waals surface area contributed by atoms with E-state index in [4.69, 9.17) is 19.4 Å². The molecule has 1 aliphatic heterocycles. The molecule has 0 amide bonds. The lowest BCUT2D eigenvalue weighted by molar-refractivity contribution is 0.669.